The smallest absolute Gasteiger partial charge is 0.253 e. The van der Waals surface area contributed by atoms with Crippen LogP contribution >= 0.6 is 11.8 Å². The van der Waals surface area contributed by atoms with Gasteiger partial charge in [0.05, 0.1) is 25.7 Å². The zero-order valence-electron chi connectivity index (χ0n) is 15.6. The molecule has 0 saturated carbocycles. The maximum absolute atomic E-state index is 12.7. The number of carbonyl (C=O) groups excluding carboxylic acids is 2. The number of fused-ring (bicyclic) bond motifs is 1. The Morgan fingerprint density at radius 2 is 1.93 bits per heavy atom. The van der Waals surface area contributed by atoms with Crippen LogP contribution in [-0.2, 0) is 11.2 Å². The fourth-order valence-electron chi connectivity index (χ4n) is 2.87. The van der Waals surface area contributed by atoms with Crippen LogP contribution in [0.3, 0.4) is 0 Å². The van der Waals surface area contributed by atoms with E-state index in [0.29, 0.717) is 41.5 Å². The molecule has 1 aliphatic heterocycles. The van der Waals surface area contributed by atoms with Crippen molar-refractivity contribution in [2.24, 2.45) is 0 Å². The summed E-state index contributed by atoms with van der Waals surface area (Å²) in [5.74, 6) is 1.64. The minimum absolute atomic E-state index is 0.0427. The molecule has 0 bridgehead atoms. The van der Waals surface area contributed by atoms with Crippen LogP contribution in [0, 0.1) is 0 Å². The molecule has 27 heavy (non-hydrogen) atoms. The van der Waals surface area contributed by atoms with Gasteiger partial charge in [0.2, 0.25) is 5.91 Å². The Morgan fingerprint density at radius 3 is 2.67 bits per heavy atom. The van der Waals surface area contributed by atoms with E-state index in [4.69, 9.17) is 9.47 Å². The van der Waals surface area contributed by atoms with Crippen molar-refractivity contribution in [3.8, 4) is 11.5 Å². The number of hydrogen-bond acceptors (Lipinski definition) is 5. The summed E-state index contributed by atoms with van der Waals surface area (Å²) in [5, 5.41) is 2.82. The monoisotopic (exact) mass is 386 g/mol. The second-order valence-corrected chi connectivity index (χ2v) is 7.23. The molecule has 0 saturated heterocycles. The first kappa shape index (κ1) is 19.1. The molecule has 3 rings (SSSR count). The van der Waals surface area contributed by atoms with Gasteiger partial charge in [0, 0.05) is 24.1 Å². The van der Waals surface area contributed by atoms with Crippen LogP contribution in [-0.4, -0.2) is 50.3 Å². The highest BCUT2D eigenvalue weighted by Gasteiger charge is 2.19. The van der Waals surface area contributed by atoms with E-state index < -0.39 is 0 Å². The fraction of sp³-hybridized carbons (Fsp3) is 0.300. The highest BCUT2D eigenvalue weighted by molar-refractivity contribution is 8.00. The lowest BCUT2D eigenvalue weighted by atomic mass is 10.1. The zero-order chi connectivity index (χ0) is 19.4. The maximum Gasteiger partial charge on any atom is 0.253 e. The largest absolute Gasteiger partial charge is 0.493 e. The van der Waals surface area contributed by atoms with Gasteiger partial charge in [-0.25, -0.2) is 0 Å². The molecule has 2 aromatic carbocycles. The number of rotatable bonds is 6. The summed E-state index contributed by atoms with van der Waals surface area (Å²) in [7, 11) is 4.98. The van der Waals surface area contributed by atoms with Crippen LogP contribution in [0.25, 0.3) is 0 Å². The normalized spacial score (nSPS) is 12.8. The molecule has 0 radical (unpaired) electrons. The molecule has 142 valence electrons. The fourth-order valence-corrected chi connectivity index (χ4v) is 3.66. The third kappa shape index (κ3) is 4.36. The predicted molar refractivity (Wildman–Crippen MR) is 106 cm³/mol. The highest BCUT2D eigenvalue weighted by Crippen LogP contribution is 2.32. The van der Waals surface area contributed by atoms with Crippen LogP contribution in [0.5, 0.6) is 11.5 Å². The molecule has 7 heteroatoms. The van der Waals surface area contributed by atoms with E-state index in [1.54, 1.807) is 38.3 Å². The number of nitrogens with zero attached hydrogens (tertiary/aromatic N) is 1. The predicted octanol–water partition coefficient (Wildman–Crippen LogP) is 3.06. The van der Waals surface area contributed by atoms with Crippen molar-refractivity contribution >= 4 is 29.3 Å². The summed E-state index contributed by atoms with van der Waals surface area (Å²) in [4.78, 5) is 26.9. The first-order chi connectivity index (χ1) is 13.0. The summed E-state index contributed by atoms with van der Waals surface area (Å²) in [6, 6.07) is 11.2. The molecular weight excluding hydrogens is 364 g/mol. The number of likely N-dealkylation sites (N-methyl/N-ethyl adjacent to an activating group) is 1. The van der Waals surface area contributed by atoms with Gasteiger partial charge in [0.1, 0.15) is 0 Å². The first-order valence-corrected chi connectivity index (χ1v) is 9.53. The van der Waals surface area contributed by atoms with Crippen LogP contribution < -0.4 is 14.8 Å². The molecule has 0 fully saturated rings. The lowest BCUT2D eigenvalue weighted by molar-refractivity contribution is -0.113. The van der Waals surface area contributed by atoms with E-state index in [1.807, 2.05) is 24.3 Å². The third-order valence-electron chi connectivity index (χ3n) is 4.39. The van der Waals surface area contributed by atoms with Gasteiger partial charge < -0.3 is 19.7 Å². The van der Waals surface area contributed by atoms with Crippen molar-refractivity contribution < 1.29 is 19.1 Å². The maximum atomic E-state index is 12.7. The van der Waals surface area contributed by atoms with Crippen molar-refractivity contribution in [1.29, 1.82) is 0 Å². The molecule has 0 spiro atoms. The molecule has 1 N–H and O–H groups in total. The lowest BCUT2D eigenvalue weighted by Crippen LogP contribution is -2.29. The van der Waals surface area contributed by atoms with Gasteiger partial charge in [-0.1, -0.05) is 6.07 Å². The second kappa shape index (κ2) is 8.35. The molecular formula is C20H22N2O4S. The van der Waals surface area contributed by atoms with Crippen LogP contribution in [0.2, 0.25) is 0 Å². The molecule has 6 nitrogen and oxygen atoms in total. The van der Waals surface area contributed by atoms with Gasteiger partial charge in [-0.2, -0.15) is 0 Å². The van der Waals surface area contributed by atoms with Crippen molar-refractivity contribution in [3.63, 3.8) is 0 Å². The quantitative estimate of drug-likeness (QED) is 0.826. The van der Waals surface area contributed by atoms with Crippen LogP contribution in [0.4, 0.5) is 5.69 Å². The number of anilines is 1. The average molecular weight is 386 g/mol. The number of methoxy groups -OCH3 is 2. The van der Waals surface area contributed by atoms with Crippen molar-refractivity contribution in [3.05, 3.63) is 47.5 Å². The Kier molecular flexibility index (Phi) is 5.91. The molecule has 1 aliphatic rings. The van der Waals surface area contributed by atoms with E-state index in [0.717, 1.165) is 10.5 Å². The van der Waals surface area contributed by atoms with E-state index >= 15 is 0 Å². The Morgan fingerprint density at radius 1 is 1.15 bits per heavy atom. The zero-order valence-corrected chi connectivity index (χ0v) is 16.4. The van der Waals surface area contributed by atoms with Gasteiger partial charge in [0.25, 0.3) is 5.91 Å². The van der Waals surface area contributed by atoms with Crippen molar-refractivity contribution in [1.82, 2.24) is 4.90 Å². The third-order valence-corrected chi connectivity index (χ3v) is 5.46. The van der Waals surface area contributed by atoms with Crippen LogP contribution in [0.1, 0.15) is 15.9 Å². The number of thioether (sulfide) groups is 1. The molecule has 0 unspecified atom stereocenters. The number of carbonyl (C=O) groups is 2. The molecule has 2 aromatic rings. The molecule has 2 amide bonds. The number of hydrogen-bond donors (Lipinski definition) is 1. The Bertz CT molecular complexity index is 869. The van der Waals surface area contributed by atoms with Gasteiger partial charge in [-0.05, 0) is 42.3 Å². The van der Waals surface area contributed by atoms with E-state index in [9.17, 15) is 9.59 Å². The van der Waals surface area contributed by atoms with Gasteiger partial charge >= 0.3 is 0 Å². The topological polar surface area (TPSA) is 67.9 Å². The van der Waals surface area contributed by atoms with Gasteiger partial charge in [0.15, 0.2) is 11.5 Å². The Balaban J connectivity index is 1.66. The standard InChI is InChI=1S/C20H22N2O4S/c1-22(9-8-13-4-6-16(25-2)17(10-13)26-3)20(24)14-5-7-18-15(11-14)21-19(23)12-27-18/h4-7,10-11H,8-9,12H2,1-3H3,(H,21,23). The SMILES string of the molecule is COc1ccc(CCN(C)C(=O)c2ccc3c(c2)NC(=O)CS3)cc1OC. The lowest BCUT2D eigenvalue weighted by Gasteiger charge is -2.20. The van der Waals surface area contributed by atoms with E-state index in [-0.39, 0.29) is 11.8 Å². The number of ether oxygens (including phenoxy) is 2. The summed E-state index contributed by atoms with van der Waals surface area (Å²) in [6.45, 7) is 0.562. The average Bonchev–Trinajstić information content (AvgIpc) is 2.70. The second-order valence-electron chi connectivity index (χ2n) is 6.21. The highest BCUT2D eigenvalue weighted by atomic mass is 32.2. The minimum Gasteiger partial charge on any atom is -0.493 e. The summed E-state index contributed by atoms with van der Waals surface area (Å²) in [5.41, 5.74) is 2.32. The summed E-state index contributed by atoms with van der Waals surface area (Å²) < 4.78 is 10.6. The Hall–Kier alpha value is -2.67. The van der Waals surface area contributed by atoms with Crippen molar-refractivity contribution in [2.75, 3.05) is 38.9 Å². The first-order valence-electron chi connectivity index (χ1n) is 8.55. The van der Waals surface area contributed by atoms with Crippen molar-refractivity contribution in [2.45, 2.75) is 11.3 Å². The molecule has 0 aromatic heterocycles. The number of amides is 2. The Labute approximate surface area is 162 Å². The van der Waals surface area contributed by atoms with Gasteiger partial charge in [-0.15, -0.1) is 11.8 Å². The number of nitrogens with one attached hydrogen (secondary N) is 1. The number of benzene rings is 2. The molecule has 0 aliphatic carbocycles. The van der Waals surface area contributed by atoms with Crippen LogP contribution in [0.15, 0.2) is 41.3 Å². The van der Waals surface area contributed by atoms with Gasteiger partial charge in [-0.3, -0.25) is 9.59 Å². The van der Waals surface area contributed by atoms with E-state index in [1.165, 1.54) is 11.8 Å². The minimum atomic E-state index is -0.0805. The molecule has 0 atom stereocenters. The summed E-state index contributed by atoms with van der Waals surface area (Å²) in [6.07, 6.45) is 0.695. The summed E-state index contributed by atoms with van der Waals surface area (Å²) >= 11 is 1.48. The molecule has 1 heterocycles. The van der Waals surface area contributed by atoms with E-state index in [2.05, 4.69) is 5.32 Å².